The van der Waals surface area contributed by atoms with E-state index in [9.17, 15) is 9.59 Å². The van der Waals surface area contributed by atoms with E-state index in [-0.39, 0.29) is 24.6 Å². The van der Waals surface area contributed by atoms with Gasteiger partial charge < -0.3 is 15.0 Å². The van der Waals surface area contributed by atoms with Crippen LogP contribution in [0.5, 0.6) is 0 Å². The summed E-state index contributed by atoms with van der Waals surface area (Å²) in [5.41, 5.74) is 0. The molecule has 1 fully saturated rings. The number of urea groups is 1. The first-order valence-corrected chi connectivity index (χ1v) is 6.88. The van der Waals surface area contributed by atoms with Crippen molar-refractivity contribution in [3.05, 3.63) is 0 Å². The molecule has 0 aliphatic heterocycles. The van der Waals surface area contributed by atoms with Crippen LogP contribution in [0, 0.1) is 0 Å². The Labute approximate surface area is 109 Å². The maximum Gasteiger partial charge on any atom is 0.325 e. The van der Waals surface area contributed by atoms with Crippen molar-refractivity contribution in [1.29, 1.82) is 0 Å². The van der Waals surface area contributed by atoms with Crippen molar-refractivity contribution in [2.24, 2.45) is 0 Å². The third-order valence-electron chi connectivity index (χ3n) is 3.09. The van der Waals surface area contributed by atoms with Gasteiger partial charge in [0.2, 0.25) is 0 Å². The topological polar surface area (TPSA) is 58.6 Å². The van der Waals surface area contributed by atoms with Crippen molar-refractivity contribution in [2.45, 2.75) is 52.0 Å². The number of nitrogens with one attached hydrogen (secondary N) is 1. The van der Waals surface area contributed by atoms with E-state index >= 15 is 0 Å². The second kappa shape index (κ2) is 7.95. The number of esters is 1. The van der Waals surface area contributed by atoms with E-state index in [4.69, 9.17) is 4.74 Å². The average Bonchev–Trinajstić information content (AvgIpc) is 2.81. The Morgan fingerprint density at radius 2 is 1.94 bits per heavy atom. The molecule has 0 atom stereocenters. The molecule has 0 bridgehead atoms. The van der Waals surface area contributed by atoms with Crippen molar-refractivity contribution < 1.29 is 14.3 Å². The van der Waals surface area contributed by atoms with Gasteiger partial charge in [0.1, 0.15) is 6.54 Å². The second-order valence-electron chi connectivity index (χ2n) is 4.66. The molecular weight excluding hydrogens is 232 g/mol. The van der Waals surface area contributed by atoms with Crippen LogP contribution in [0.3, 0.4) is 0 Å². The summed E-state index contributed by atoms with van der Waals surface area (Å²) in [5, 5.41) is 2.99. The van der Waals surface area contributed by atoms with Crippen LogP contribution in [0.1, 0.15) is 46.0 Å². The molecule has 1 rings (SSSR count). The molecule has 104 valence electrons. The fraction of sp³-hybridized carbons (Fsp3) is 0.846. The number of rotatable bonds is 6. The molecule has 0 radical (unpaired) electrons. The zero-order valence-electron chi connectivity index (χ0n) is 11.4. The van der Waals surface area contributed by atoms with Crippen LogP contribution in [0.4, 0.5) is 4.79 Å². The maximum atomic E-state index is 12.0. The first-order valence-electron chi connectivity index (χ1n) is 6.88. The Kier molecular flexibility index (Phi) is 6.54. The van der Waals surface area contributed by atoms with Crippen LogP contribution in [0.25, 0.3) is 0 Å². The Hall–Kier alpha value is -1.26. The number of amides is 2. The van der Waals surface area contributed by atoms with Crippen LogP contribution in [0.2, 0.25) is 0 Å². The van der Waals surface area contributed by atoms with Crippen LogP contribution < -0.4 is 5.32 Å². The third-order valence-corrected chi connectivity index (χ3v) is 3.09. The minimum Gasteiger partial charge on any atom is -0.465 e. The molecule has 1 N–H and O–H groups in total. The SMILES string of the molecule is CCCN(CC(=O)OCC)C(=O)NC1CCCC1. The number of hydrogen-bond donors (Lipinski definition) is 1. The zero-order valence-corrected chi connectivity index (χ0v) is 11.4. The minimum absolute atomic E-state index is 0.0419. The predicted molar refractivity (Wildman–Crippen MR) is 69.3 cm³/mol. The molecule has 2 amide bonds. The van der Waals surface area contributed by atoms with Gasteiger partial charge in [-0.1, -0.05) is 19.8 Å². The molecule has 1 aliphatic carbocycles. The number of nitrogens with zero attached hydrogens (tertiary/aromatic N) is 1. The van der Waals surface area contributed by atoms with Crippen LogP contribution in [-0.4, -0.2) is 42.6 Å². The monoisotopic (exact) mass is 256 g/mol. The second-order valence-corrected chi connectivity index (χ2v) is 4.66. The molecule has 0 heterocycles. The summed E-state index contributed by atoms with van der Waals surface area (Å²) in [7, 11) is 0. The lowest BCUT2D eigenvalue weighted by Gasteiger charge is -2.23. The zero-order chi connectivity index (χ0) is 13.4. The third kappa shape index (κ3) is 4.94. The van der Waals surface area contributed by atoms with E-state index < -0.39 is 0 Å². The molecule has 0 aromatic heterocycles. The fourth-order valence-electron chi connectivity index (χ4n) is 2.22. The van der Waals surface area contributed by atoms with Gasteiger partial charge in [0.05, 0.1) is 6.61 Å². The molecule has 5 heteroatoms. The molecule has 5 nitrogen and oxygen atoms in total. The normalized spacial score (nSPS) is 15.4. The van der Waals surface area contributed by atoms with E-state index in [1.54, 1.807) is 6.92 Å². The highest BCUT2D eigenvalue weighted by Gasteiger charge is 2.22. The first kappa shape index (κ1) is 14.8. The highest BCUT2D eigenvalue weighted by Crippen LogP contribution is 2.17. The maximum absolute atomic E-state index is 12.0. The summed E-state index contributed by atoms with van der Waals surface area (Å²) in [4.78, 5) is 25.0. The number of ether oxygens (including phenoxy) is 1. The lowest BCUT2D eigenvalue weighted by molar-refractivity contribution is -0.143. The first-order chi connectivity index (χ1) is 8.67. The highest BCUT2D eigenvalue weighted by molar-refractivity contribution is 5.81. The molecular formula is C13H24N2O3. The van der Waals surface area contributed by atoms with Crippen LogP contribution >= 0.6 is 0 Å². The number of carbonyl (C=O) groups excluding carboxylic acids is 2. The van der Waals surface area contributed by atoms with Gasteiger partial charge in [-0.25, -0.2) is 4.79 Å². The summed E-state index contributed by atoms with van der Waals surface area (Å²) in [6.45, 7) is 4.72. The molecule has 0 unspecified atom stereocenters. The molecule has 1 aliphatic rings. The molecule has 0 aromatic rings. The average molecular weight is 256 g/mol. The van der Waals surface area contributed by atoms with Gasteiger partial charge in [-0.2, -0.15) is 0 Å². The molecule has 18 heavy (non-hydrogen) atoms. The highest BCUT2D eigenvalue weighted by atomic mass is 16.5. The summed E-state index contributed by atoms with van der Waals surface area (Å²) in [6.07, 6.45) is 5.28. The largest absolute Gasteiger partial charge is 0.465 e. The lowest BCUT2D eigenvalue weighted by atomic mass is 10.2. The van der Waals surface area contributed by atoms with E-state index in [0.29, 0.717) is 13.2 Å². The summed E-state index contributed by atoms with van der Waals surface area (Å²) in [5.74, 6) is -0.340. The van der Waals surface area contributed by atoms with Crippen molar-refractivity contribution in [2.75, 3.05) is 19.7 Å². The standard InChI is InChI=1S/C13H24N2O3/c1-3-9-15(10-12(16)18-4-2)13(17)14-11-7-5-6-8-11/h11H,3-10H2,1-2H3,(H,14,17). The van der Waals surface area contributed by atoms with Gasteiger partial charge in [-0.3, -0.25) is 4.79 Å². The fourth-order valence-corrected chi connectivity index (χ4v) is 2.22. The lowest BCUT2D eigenvalue weighted by Crippen LogP contribution is -2.46. The van der Waals surface area contributed by atoms with Crippen LogP contribution in [-0.2, 0) is 9.53 Å². The predicted octanol–water partition coefficient (Wildman–Crippen LogP) is 1.91. The smallest absolute Gasteiger partial charge is 0.325 e. The summed E-state index contributed by atoms with van der Waals surface area (Å²) >= 11 is 0. The van der Waals surface area contributed by atoms with E-state index in [2.05, 4.69) is 5.32 Å². The number of carbonyl (C=O) groups is 2. The van der Waals surface area contributed by atoms with Crippen LogP contribution in [0.15, 0.2) is 0 Å². The molecule has 0 aromatic carbocycles. The summed E-state index contributed by atoms with van der Waals surface area (Å²) < 4.78 is 4.88. The van der Waals surface area contributed by atoms with Gasteiger partial charge in [0.15, 0.2) is 0 Å². The van der Waals surface area contributed by atoms with Gasteiger partial charge in [0.25, 0.3) is 0 Å². The summed E-state index contributed by atoms with van der Waals surface area (Å²) in [6, 6.07) is 0.135. The molecule has 0 saturated heterocycles. The quantitative estimate of drug-likeness (QED) is 0.739. The van der Waals surface area contributed by atoms with E-state index in [1.165, 1.54) is 17.7 Å². The van der Waals surface area contributed by atoms with Crippen molar-refractivity contribution >= 4 is 12.0 Å². The molecule has 1 saturated carbocycles. The Balaban J connectivity index is 2.43. The Bertz CT molecular complexity index is 275. The van der Waals surface area contributed by atoms with Gasteiger partial charge in [-0.05, 0) is 26.2 Å². The van der Waals surface area contributed by atoms with Gasteiger partial charge in [0, 0.05) is 12.6 Å². The minimum atomic E-state index is -0.340. The van der Waals surface area contributed by atoms with Crippen molar-refractivity contribution in [3.8, 4) is 0 Å². The van der Waals surface area contributed by atoms with Gasteiger partial charge >= 0.3 is 12.0 Å². The molecule has 0 spiro atoms. The van der Waals surface area contributed by atoms with E-state index in [1.807, 2.05) is 6.92 Å². The Morgan fingerprint density at radius 3 is 2.50 bits per heavy atom. The van der Waals surface area contributed by atoms with Gasteiger partial charge in [-0.15, -0.1) is 0 Å². The number of hydrogen-bond acceptors (Lipinski definition) is 3. The van der Waals surface area contributed by atoms with E-state index in [0.717, 1.165) is 19.3 Å². The Morgan fingerprint density at radius 1 is 1.28 bits per heavy atom. The van der Waals surface area contributed by atoms with Crippen molar-refractivity contribution in [1.82, 2.24) is 10.2 Å². The van der Waals surface area contributed by atoms with Crippen molar-refractivity contribution in [3.63, 3.8) is 0 Å².